The summed E-state index contributed by atoms with van der Waals surface area (Å²) in [6.07, 6.45) is 0. The lowest BCUT2D eigenvalue weighted by atomic mass is 10.7. The van der Waals surface area contributed by atoms with Crippen molar-refractivity contribution in [1.29, 1.82) is 0 Å². The first kappa shape index (κ1) is 5.76. The molecule has 0 saturated heterocycles. The molecule has 0 aromatic heterocycles. The summed E-state index contributed by atoms with van der Waals surface area (Å²) < 4.78 is 0. The first-order valence-corrected chi connectivity index (χ1v) is 1.90. The Labute approximate surface area is 41.5 Å². The fourth-order valence-corrected chi connectivity index (χ4v) is 0.116. The standard InChI is InChI=1S/C3H4ClNO/c1-5-3(6)2-4/h1H,2H2,(H,5,6). The third-order valence-electron chi connectivity index (χ3n) is 0.282. The minimum Gasteiger partial charge on any atom is -0.348 e. The average Bonchev–Trinajstić information content (AvgIpc) is 1.65. The van der Waals surface area contributed by atoms with Gasteiger partial charge in [0.25, 0.3) is 0 Å². The van der Waals surface area contributed by atoms with E-state index in [0.29, 0.717) is 0 Å². The highest BCUT2D eigenvalue weighted by Crippen LogP contribution is 1.69. The monoisotopic (exact) mass is 105 g/mol. The van der Waals surface area contributed by atoms with Gasteiger partial charge >= 0.3 is 0 Å². The summed E-state index contributed by atoms with van der Waals surface area (Å²) in [5.41, 5.74) is 0. The Morgan fingerprint density at radius 2 is 2.50 bits per heavy atom. The molecule has 0 aromatic rings. The van der Waals surface area contributed by atoms with Gasteiger partial charge in [0.15, 0.2) is 0 Å². The maximum Gasteiger partial charge on any atom is 0.235 e. The molecule has 0 bridgehead atoms. The predicted octanol–water partition coefficient (Wildman–Crippen LogP) is 0.00999. The van der Waals surface area contributed by atoms with E-state index < -0.39 is 0 Å². The fraction of sp³-hybridized carbons (Fsp3) is 0.333. The lowest BCUT2D eigenvalue weighted by Crippen LogP contribution is -2.15. The number of carbonyl (C=O) groups is 1. The fourth-order valence-electron chi connectivity index (χ4n) is 0.0386. The first-order valence-electron chi connectivity index (χ1n) is 1.36. The summed E-state index contributed by atoms with van der Waals surface area (Å²) in [6.45, 7) is 0. The van der Waals surface area contributed by atoms with Crippen molar-refractivity contribution in [3.05, 3.63) is 7.05 Å². The van der Waals surface area contributed by atoms with E-state index in [0.717, 1.165) is 0 Å². The van der Waals surface area contributed by atoms with Gasteiger partial charge in [0, 0.05) is 0 Å². The highest BCUT2D eigenvalue weighted by Gasteiger charge is 1.87. The number of hydrogen-bond acceptors (Lipinski definition) is 1. The third kappa shape index (κ3) is 2.03. The van der Waals surface area contributed by atoms with Gasteiger partial charge in [-0.05, 0) is 0 Å². The quantitative estimate of drug-likeness (QED) is 0.369. The Morgan fingerprint density at radius 3 is 2.50 bits per heavy atom. The molecule has 0 aliphatic rings. The summed E-state index contributed by atoms with van der Waals surface area (Å²) >= 11 is 4.96. The highest BCUT2D eigenvalue weighted by molar-refractivity contribution is 6.27. The zero-order valence-corrected chi connectivity index (χ0v) is 3.83. The summed E-state index contributed by atoms with van der Waals surface area (Å²) in [5.74, 6) is -0.437. The van der Waals surface area contributed by atoms with Crippen molar-refractivity contribution in [3.63, 3.8) is 0 Å². The smallest absolute Gasteiger partial charge is 0.235 e. The summed E-state index contributed by atoms with van der Waals surface area (Å²) in [4.78, 5) is 9.81. The zero-order chi connectivity index (χ0) is 4.99. The molecule has 2 nitrogen and oxygen atoms in total. The molecule has 0 saturated carbocycles. The molecular weight excluding hydrogens is 101 g/mol. The van der Waals surface area contributed by atoms with Crippen LogP contribution in [0.1, 0.15) is 0 Å². The first-order chi connectivity index (χ1) is 2.81. The van der Waals surface area contributed by atoms with Crippen LogP contribution < -0.4 is 5.32 Å². The number of amides is 1. The van der Waals surface area contributed by atoms with Gasteiger partial charge < -0.3 is 5.32 Å². The molecule has 0 aliphatic carbocycles. The Balaban J connectivity index is 2.99. The normalized spacial score (nSPS) is 7.67. The van der Waals surface area contributed by atoms with Crippen LogP contribution in [0, 0.1) is 7.05 Å². The molecule has 0 atom stereocenters. The number of carbonyl (C=O) groups excluding carboxylic acids is 1. The van der Waals surface area contributed by atoms with E-state index in [1.807, 2.05) is 5.32 Å². The Hall–Kier alpha value is -0.240. The molecule has 0 spiro atoms. The van der Waals surface area contributed by atoms with Gasteiger partial charge in [-0.15, -0.1) is 11.6 Å². The summed E-state index contributed by atoms with van der Waals surface area (Å²) in [6, 6.07) is 0. The van der Waals surface area contributed by atoms with Crippen LogP contribution in [0.4, 0.5) is 0 Å². The maximum absolute atomic E-state index is 9.81. The van der Waals surface area contributed by atoms with Crippen LogP contribution in [0.25, 0.3) is 0 Å². The molecule has 0 fully saturated rings. The average molecular weight is 106 g/mol. The molecule has 0 unspecified atom stereocenters. The second-order valence-corrected chi connectivity index (χ2v) is 0.968. The lowest BCUT2D eigenvalue weighted by Gasteiger charge is -1.84. The van der Waals surface area contributed by atoms with Crippen molar-refractivity contribution in [2.75, 3.05) is 5.88 Å². The van der Waals surface area contributed by atoms with Crippen molar-refractivity contribution in [2.45, 2.75) is 0 Å². The van der Waals surface area contributed by atoms with Gasteiger partial charge in [-0.3, -0.25) is 4.79 Å². The van der Waals surface area contributed by atoms with Crippen LogP contribution in [0.2, 0.25) is 0 Å². The van der Waals surface area contributed by atoms with Crippen LogP contribution in [-0.2, 0) is 4.79 Å². The van der Waals surface area contributed by atoms with Crippen molar-refractivity contribution in [2.24, 2.45) is 0 Å². The Bertz CT molecular complexity index is 48.8. The number of alkyl halides is 1. The zero-order valence-electron chi connectivity index (χ0n) is 3.07. The molecule has 34 valence electrons. The number of hydrogen-bond donors (Lipinski definition) is 1. The topological polar surface area (TPSA) is 29.1 Å². The van der Waals surface area contributed by atoms with E-state index in [9.17, 15) is 4.79 Å². The number of nitrogens with one attached hydrogen (secondary N) is 1. The van der Waals surface area contributed by atoms with Gasteiger partial charge in [0.2, 0.25) is 5.91 Å². The largest absolute Gasteiger partial charge is 0.348 e. The molecular formula is C3H4ClNO. The molecule has 3 heteroatoms. The van der Waals surface area contributed by atoms with Crippen LogP contribution in [-0.4, -0.2) is 11.8 Å². The van der Waals surface area contributed by atoms with Crippen LogP contribution in [0.15, 0.2) is 0 Å². The van der Waals surface area contributed by atoms with E-state index in [1.165, 1.54) is 0 Å². The van der Waals surface area contributed by atoms with Gasteiger partial charge in [0.05, 0.1) is 7.05 Å². The van der Waals surface area contributed by atoms with Crippen molar-refractivity contribution in [1.82, 2.24) is 5.32 Å². The molecule has 0 heterocycles. The minimum atomic E-state index is -0.364. The molecule has 1 N–H and O–H groups in total. The van der Waals surface area contributed by atoms with E-state index >= 15 is 0 Å². The number of rotatable bonds is 1. The molecule has 2 radical (unpaired) electrons. The van der Waals surface area contributed by atoms with Crippen LogP contribution >= 0.6 is 11.6 Å². The molecule has 0 rings (SSSR count). The van der Waals surface area contributed by atoms with Crippen LogP contribution in [0.5, 0.6) is 0 Å². The molecule has 6 heavy (non-hydrogen) atoms. The van der Waals surface area contributed by atoms with E-state index in [4.69, 9.17) is 11.6 Å². The number of halogens is 1. The predicted molar refractivity (Wildman–Crippen MR) is 23.2 cm³/mol. The lowest BCUT2D eigenvalue weighted by molar-refractivity contribution is -0.117. The van der Waals surface area contributed by atoms with Gasteiger partial charge in [-0.2, -0.15) is 0 Å². The van der Waals surface area contributed by atoms with Crippen LogP contribution in [0.3, 0.4) is 0 Å². The van der Waals surface area contributed by atoms with E-state index in [1.54, 1.807) is 0 Å². The van der Waals surface area contributed by atoms with E-state index in [2.05, 4.69) is 7.05 Å². The van der Waals surface area contributed by atoms with Crippen molar-refractivity contribution >= 4 is 17.5 Å². The molecule has 0 aromatic carbocycles. The minimum absolute atomic E-state index is 0.0729. The molecule has 1 amide bonds. The summed E-state index contributed by atoms with van der Waals surface area (Å²) in [5, 5.41) is 1.84. The second kappa shape index (κ2) is 2.97. The Morgan fingerprint density at radius 1 is 2.00 bits per heavy atom. The SMILES string of the molecule is [CH]NC(=O)CCl. The van der Waals surface area contributed by atoms with E-state index in [-0.39, 0.29) is 11.8 Å². The van der Waals surface area contributed by atoms with Crippen molar-refractivity contribution < 1.29 is 4.79 Å². The maximum atomic E-state index is 9.81. The third-order valence-corrected chi connectivity index (χ3v) is 0.525. The summed E-state index contributed by atoms with van der Waals surface area (Å²) in [7, 11) is 4.60. The van der Waals surface area contributed by atoms with Gasteiger partial charge in [-0.1, -0.05) is 0 Å². The Kier molecular flexibility index (Phi) is 2.85. The highest BCUT2D eigenvalue weighted by atomic mass is 35.5. The second-order valence-electron chi connectivity index (χ2n) is 0.701. The van der Waals surface area contributed by atoms with Gasteiger partial charge in [-0.25, -0.2) is 0 Å². The van der Waals surface area contributed by atoms with Gasteiger partial charge in [0.1, 0.15) is 5.88 Å². The molecule has 0 aliphatic heterocycles. The van der Waals surface area contributed by atoms with Crippen molar-refractivity contribution in [3.8, 4) is 0 Å².